The zero-order valence-electron chi connectivity index (χ0n) is 10.0. The third-order valence-electron chi connectivity index (χ3n) is 2.25. The minimum absolute atomic E-state index is 0.407. The molecule has 0 spiro atoms. The van der Waals surface area contributed by atoms with E-state index >= 15 is 0 Å². The van der Waals surface area contributed by atoms with Crippen LogP contribution in [0.15, 0.2) is 16.8 Å². The first-order valence-electron chi connectivity index (χ1n) is 5.40. The molecule has 5 nitrogen and oxygen atoms in total. The van der Waals surface area contributed by atoms with Gasteiger partial charge in [0.1, 0.15) is 6.04 Å². The lowest BCUT2D eigenvalue weighted by Crippen LogP contribution is -2.46. The van der Waals surface area contributed by atoms with E-state index in [0.717, 1.165) is 5.56 Å². The van der Waals surface area contributed by atoms with Crippen LogP contribution in [0, 0.1) is 0 Å². The van der Waals surface area contributed by atoms with Crippen LogP contribution in [0.3, 0.4) is 0 Å². The molecule has 18 heavy (non-hydrogen) atoms. The van der Waals surface area contributed by atoms with Crippen LogP contribution < -0.4 is 10.6 Å². The Balaban J connectivity index is 2.34. The van der Waals surface area contributed by atoms with Gasteiger partial charge >= 0.3 is 12.0 Å². The molecule has 1 atom stereocenters. The number of thiophene rings is 1. The molecule has 0 saturated carbocycles. The van der Waals surface area contributed by atoms with Crippen molar-refractivity contribution in [3.63, 3.8) is 0 Å². The molecule has 0 aromatic carbocycles. The topological polar surface area (TPSA) is 78.4 Å². The summed E-state index contributed by atoms with van der Waals surface area (Å²) in [5, 5.41) is 17.9. The molecule has 0 bridgehead atoms. The summed E-state index contributed by atoms with van der Waals surface area (Å²) in [7, 11) is 0. The highest BCUT2D eigenvalue weighted by atomic mass is 32.2. The van der Waals surface area contributed by atoms with E-state index in [1.165, 1.54) is 0 Å². The number of nitrogens with one attached hydrogen (secondary N) is 2. The van der Waals surface area contributed by atoms with E-state index in [-0.39, 0.29) is 0 Å². The summed E-state index contributed by atoms with van der Waals surface area (Å²) >= 11 is 3.10. The van der Waals surface area contributed by atoms with Crippen LogP contribution in [0.5, 0.6) is 0 Å². The lowest BCUT2D eigenvalue weighted by molar-refractivity contribution is -0.139. The minimum Gasteiger partial charge on any atom is -0.480 e. The zero-order valence-corrected chi connectivity index (χ0v) is 11.6. The van der Waals surface area contributed by atoms with Crippen LogP contribution in [0.4, 0.5) is 4.79 Å². The molecular formula is C11H16N2O3S2. The molecule has 0 aliphatic rings. The molecule has 1 aromatic heterocycles. The van der Waals surface area contributed by atoms with E-state index in [0.29, 0.717) is 18.7 Å². The molecule has 0 aliphatic heterocycles. The maximum atomic E-state index is 11.5. The van der Waals surface area contributed by atoms with Crippen LogP contribution in [-0.4, -0.2) is 35.2 Å². The summed E-state index contributed by atoms with van der Waals surface area (Å²) < 4.78 is 0. The third kappa shape index (κ3) is 5.42. The summed E-state index contributed by atoms with van der Waals surface area (Å²) in [6.07, 6.45) is 2.32. The van der Waals surface area contributed by atoms with Gasteiger partial charge in [-0.3, -0.25) is 0 Å². The predicted octanol–water partition coefficient (Wildman–Crippen LogP) is 1.75. The van der Waals surface area contributed by atoms with Gasteiger partial charge in [0.15, 0.2) is 0 Å². The quantitative estimate of drug-likeness (QED) is 0.714. The van der Waals surface area contributed by atoms with Crippen LogP contribution in [0.1, 0.15) is 12.0 Å². The highest BCUT2D eigenvalue weighted by Gasteiger charge is 2.18. The molecule has 7 heteroatoms. The Bertz CT molecular complexity index is 382. The normalized spacial score (nSPS) is 11.8. The highest BCUT2D eigenvalue weighted by Crippen LogP contribution is 2.05. The molecule has 2 amide bonds. The fourth-order valence-corrected chi connectivity index (χ4v) is 2.42. The van der Waals surface area contributed by atoms with E-state index in [2.05, 4.69) is 10.6 Å². The number of hydrogen-bond donors (Lipinski definition) is 3. The largest absolute Gasteiger partial charge is 0.480 e. The molecule has 0 fully saturated rings. The van der Waals surface area contributed by atoms with Crippen LogP contribution >= 0.6 is 23.1 Å². The molecule has 100 valence electrons. The molecule has 3 N–H and O–H groups in total. The smallest absolute Gasteiger partial charge is 0.326 e. The number of carboxylic acid groups (broad SMARTS) is 1. The van der Waals surface area contributed by atoms with Gasteiger partial charge in [-0.15, -0.1) is 0 Å². The third-order valence-corrected chi connectivity index (χ3v) is 3.62. The second-order valence-corrected chi connectivity index (χ2v) is 5.40. The first kappa shape index (κ1) is 14.8. The van der Waals surface area contributed by atoms with Gasteiger partial charge in [0.25, 0.3) is 0 Å². The van der Waals surface area contributed by atoms with E-state index in [1.54, 1.807) is 23.1 Å². The molecule has 1 aromatic rings. The summed E-state index contributed by atoms with van der Waals surface area (Å²) in [4.78, 5) is 22.5. The Hall–Kier alpha value is -1.21. The first-order chi connectivity index (χ1) is 8.63. The van der Waals surface area contributed by atoms with Crippen molar-refractivity contribution in [3.8, 4) is 0 Å². The summed E-state index contributed by atoms with van der Waals surface area (Å²) in [6, 6.07) is 0.627. The monoisotopic (exact) mass is 288 g/mol. The van der Waals surface area contributed by atoms with Crippen molar-refractivity contribution in [2.24, 2.45) is 0 Å². The van der Waals surface area contributed by atoms with Gasteiger partial charge in [-0.1, -0.05) is 0 Å². The standard InChI is InChI=1S/C11H16N2O3S2/c1-17-4-3-9(10(14)15)13-11(16)12-6-8-2-5-18-7-8/h2,5,7,9H,3-4,6H2,1H3,(H,14,15)(H2,12,13,16). The van der Waals surface area contributed by atoms with Crippen molar-refractivity contribution in [1.29, 1.82) is 0 Å². The fourth-order valence-electron chi connectivity index (χ4n) is 1.28. The number of carbonyl (C=O) groups is 2. The SMILES string of the molecule is CSCCC(NC(=O)NCc1ccsc1)C(=O)O. The van der Waals surface area contributed by atoms with Gasteiger partial charge in [0, 0.05) is 6.54 Å². The van der Waals surface area contributed by atoms with Crippen molar-refractivity contribution >= 4 is 35.1 Å². The average molecular weight is 288 g/mol. The molecule has 1 unspecified atom stereocenters. The Morgan fingerprint density at radius 1 is 1.56 bits per heavy atom. The van der Waals surface area contributed by atoms with E-state index in [1.807, 2.05) is 23.1 Å². The van der Waals surface area contributed by atoms with Crippen molar-refractivity contribution in [2.75, 3.05) is 12.0 Å². The Labute approximate surface area is 114 Å². The van der Waals surface area contributed by atoms with Crippen molar-refractivity contribution in [1.82, 2.24) is 10.6 Å². The van der Waals surface area contributed by atoms with Gasteiger partial charge in [0.2, 0.25) is 0 Å². The number of hydrogen-bond acceptors (Lipinski definition) is 4. The van der Waals surface area contributed by atoms with E-state index in [9.17, 15) is 9.59 Å². The summed E-state index contributed by atoms with van der Waals surface area (Å²) in [6.45, 7) is 0.407. The number of thioether (sulfide) groups is 1. The average Bonchev–Trinajstić information content (AvgIpc) is 2.84. The van der Waals surface area contributed by atoms with Crippen LogP contribution in [-0.2, 0) is 11.3 Å². The first-order valence-corrected chi connectivity index (χ1v) is 7.74. The molecule has 1 rings (SSSR count). The maximum absolute atomic E-state index is 11.5. The van der Waals surface area contributed by atoms with Crippen molar-refractivity contribution in [2.45, 2.75) is 19.0 Å². The van der Waals surface area contributed by atoms with Crippen LogP contribution in [0.25, 0.3) is 0 Å². The molecular weight excluding hydrogens is 272 g/mol. The van der Waals surface area contributed by atoms with Crippen LogP contribution in [0.2, 0.25) is 0 Å². The minimum atomic E-state index is -1.00. The predicted molar refractivity (Wildman–Crippen MR) is 74.1 cm³/mol. The van der Waals surface area contributed by atoms with Gasteiger partial charge in [-0.05, 0) is 40.8 Å². The van der Waals surface area contributed by atoms with Gasteiger partial charge in [-0.2, -0.15) is 23.1 Å². The number of carboxylic acids is 1. The number of aliphatic carboxylic acids is 1. The van der Waals surface area contributed by atoms with Gasteiger partial charge in [0.05, 0.1) is 0 Å². The van der Waals surface area contributed by atoms with Crippen molar-refractivity contribution < 1.29 is 14.7 Å². The Morgan fingerprint density at radius 2 is 2.33 bits per heavy atom. The Kier molecular flexibility index (Phi) is 6.59. The van der Waals surface area contributed by atoms with Crippen molar-refractivity contribution in [3.05, 3.63) is 22.4 Å². The Morgan fingerprint density at radius 3 is 2.89 bits per heavy atom. The highest BCUT2D eigenvalue weighted by molar-refractivity contribution is 7.98. The maximum Gasteiger partial charge on any atom is 0.326 e. The number of carbonyl (C=O) groups excluding carboxylic acids is 1. The summed E-state index contributed by atoms with van der Waals surface area (Å²) in [5.74, 6) is -0.309. The second kappa shape index (κ2) is 7.99. The molecule has 1 heterocycles. The van der Waals surface area contributed by atoms with E-state index in [4.69, 9.17) is 5.11 Å². The number of amides is 2. The lowest BCUT2D eigenvalue weighted by Gasteiger charge is -2.14. The second-order valence-electron chi connectivity index (χ2n) is 3.63. The van der Waals surface area contributed by atoms with E-state index < -0.39 is 18.0 Å². The zero-order chi connectivity index (χ0) is 13.4. The number of rotatable bonds is 7. The molecule has 0 saturated heterocycles. The molecule has 0 radical (unpaired) electrons. The fraction of sp³-hybridized carbons (Fsp3) is 0.455. The van der Waals surface area contributed by atoms with Gasteiger partial charge in [-0.25, -0.2) is 9.59 Å². The number of urea groups is 1. The van der Waals surface area contributed by atoms with Gasteiger partial charge < -0.3 is 15.7 Å². The lowest BCUT2D eigenvalue weighted by atomic mass is 10.2. The summed E-state index contributed by atoms with van der Waals surface area (Å²) in [5.41, 5.74) is 1.01. The molecule has 0 aliphatic carbocycles.